The van der Waals surface area contributed by atoms with E-state index in [1.165, 1.54) is 0 Å². The standard InChI is InChI=1S/C22H20N4O/c1-3-16-8-4-6-10-19(16)25-22(27)18-14-23-26(15(18)2)21-13-12-17-9-5-7-11-20(17)24-21/h4-14H,3H2,1-2H3,(H,25,27). The number of hydrogen-bond donors (Lipinski definition) is 1. The average molecular weight is 356 g/mol. The van der Waals surface area contributed by atoms with E-state index in [-0.39, 0.29) is 5.91 Å². The summed E-state index contributed by atoms with van der Waals surface area (Å²) in [4.78, 5) is 17.4. The van der Waals surface area contributed by atoms with Crippen LogP contribution in [0, 0.1) is 6.92 Å². The summed E-state index contributed by atoms with van der Waals surface area (Å²) >= 11 is 0. The second kappa shape index (κ2) is 7.03. The third-order valence-electron chi connectivity index (χ3n) is 4.70. The lowest BCUT2D eigenvalue weighted by Crippen LogP contribution is -2.14. The van der Waals surface area contributed by atoms with Crippen molar-refractivity contribution in [2.24, 2.45) is 0 Å². The summed E-state index contributed by atoms with van der Waals surface area (Å²) in [7, 11) is 0. The van der Waals surface area contributed by atoms with Crippen LogP contribution in [0.1, 0.15) is 28.5 Å². The third kappa shape index (κ3) is 3.19. The maximum absolute atomic E-state index is 12.8. The van der Waals surface area contributed by atoms with E-state index in [0.29, 0.717) is 11.4 Å². The number of aromatic nitrogens is 3. The Balaban J connectivity index is 1.66. The van der Waals surface area contributed by atoms with E-state index in [4.69, 9.17) is 0 Å². The number of anilines is 1. The van der Waals surface area contributed by atoms with E-state index in [1.54, 1.807) is 10.9 Å². The smallest absolute Gasteiger partial charge is 0.259 e. The Hall–Kier alpha value is -3.47. The van der Waals surface area contributed by atoms with Gasteiger partial charge in [-0.2, -0.15) is 5.10 Å². The van der Waals surface area contributed by atoms with E-state index in [2.05, 4.69) is 22.3 Å². The first-order valence-corrected chi connectivity index (χ1v) is 8.97. The summed E-state index contributed by atoms with van der Waals surface area (Å²) in [6.45, 7) is 3.95. The van der Waals surface area contributed by atoms with Gasteiger partial charge < -0.3 is 5.32 Å². The van der Waals surface area contributed by atoms with Crippen molar-refractivity contribution in [3.8, 4) is 5.82 Å². The molecule has 27 heavy (non-hydrogen) atoms. The number of carbonyl (C=O) groups is 1. The van der Waals surface area contributed by atoms with Gasteiger partial charge in [0.1, 0.15) is 0 Å². The number of nitrogens with one attached hydrogen (secondary N) is 1. The number of para-hydroxylation sites is 2. The fraction of sp³-hybridized carbons (Fsp3) is 0.136. The molecule has 2 aromatic heterocycles. The molecule has 4 aromatic rings. The van der Waals surface area contributed by atoms with Crippen molar-refractivity contribution in [2.45, 2.75) is 20.3 Å². The highest BCUT2D eigenvalue weighted by Gasteiger charge is 2.17. The van der Waals surface area contributed by atoms with Gasteiger partial charge in [0.25, 0.3) is 5.91 Å². The molecule has 0 unspecified atom stereocenters. The molecule has 5 nitrogen and oxygen atoms in total. The van der Waals surface area contributed by atoms with Crippen LogP contribution in [0.25, 0.3) is 16.7 Å². The highest BCUT2D eigenvalue weighted by atomic mass is 16.1. The molecule has 134 valence electrons. The second-order valence-corrected chi connectivity index (χ2v) is 6.38. The molecule has 0 aliphatic carbocycles. The predicted octanol–water partition coefficient (Wildman–Crippen LogP) is 4.54. The van der Waals surface area contributed by atoms with Gasteiger partial charge in [0.15, 0.2) is 5.82 Å². The minimum absolute atomic E-state index is 0.166. The Morgan fingerprint density at radius 3 is 2.67 bits per heavy atom. The van der Waals surface area contributed by atoms with Gasteiger partial charge in [0.2, 0.25) is 0 Å². The first kappa shape index (κ1) is 17.0. The molecule has 4 rings (SSSR count). The van der Waals surface area contributed by atoms with Crippen molar-refractivity contribution in [2.75, 3.05) is 5.32 Å². The molecule has 0 aliphatic heterocycles. The highest BCUT2D eigenvalue weighted by molar-refractivity contribution is 6.05. The van der Waals surface area contributed by atoms with Crippen molar-refractivity contribution >= 4 is 22.5 Å². The minimum atomic E-state index is -0.166. The zero-order valence-electron chi connectivity index (χ0n) is 15.3. The Morgan fingerprint density at radius 1 is 1.04 bits per heavy atom. The molecule has 0 aliphatic rings. The van der Waals surface area contributed by atoms with Crippen LogP contribution >= 0.6 is 0 Å². The Kier molecular flexibility index (Phi) is 4.42. The number of amides is 1. The molecule has 0 saturated heterocycles. The van der Waals surface area contributed by atoms with Gasteiger partial charge in [-0.15, -0.1) is 0 Å². The summed E-state index contributed by atoms with van der Waals surface area (Å²) < 4.78 is 1.70. The van der Waals surface area contributed by atoms with Crippen LogP contribution in [0.5, 0.6) is 0 Å². The van der Waals surface area contributed by atoms with E-state index < -0.39 is 0 Å². The van der Waals surface area contributed by atoms with Crippen LogP contribution in [0.3, 0.4) is 0 Å². The minimum Gasteiger partial charge on any atom is -0.322 e. The van der Waals surface area contributed by atoms with Crippen LogP contribution < -0.4 is 5.32 Å². The molecule has 0 spiro atoms. The summed E-state index contributed by atoms with van der Waals surface area (Å²) in [5.74, 6) is 0.527. The summed E-state index contributed by atoms with van der Waals surface area (Å²) in [6.07, 6.45) is 2.45. The zero-order valence-corrected chi connectivity index (χ0v) is 15.3. The largest absolute Gasteiger partial charge is 0.322 e. The van der Waals surface area contributed by atoms with Gasteiger partial charge in [-0.05, 0) is 43.2 Å². The van der Waals surface area contributed by atoms with E-state index >= 15 is 0 Å². The molecule has 0 bridgehead atoms. The van der Waals surface area contributed by atoms with Gasteiger partial charge in [0.05, 0.1) is 23.0 Å². The summed E-state index contributed by atoms with van der Waals surface area (Å²) in [5, 5.41) is 8.46. The molecule has 0 saturated carbocycles. The lowest BCUT2D eigenvalue weighted by atomic mass is 10.1. The van der Waals surface area contributed by atoms with Gasteiger partial charge >= 0.3 is 0 Å². The molecule has 2 aromatic carbocycles. The molecular formula is C22H20N4O. The number of fused-ring (bicyclic) bond motifs is 1. The molecule has 5 heteroatoms. The van der Waals surface area contributed by atoms with Gasteiger partial charge in [0, 0.05) is 11.1 Å². The molecule has 0 atom stereocenters. The monoisotopic (exact) mass is 356 g/mol. The quantitative estimate of drug-likeness (QED) is 0.584. The second-order valence-electron chi connectivity index (χ2n) is 6.38. The molecular weight excluding hydrogens is 336 g/mol. The van der Waals surface area contributed by atoms with Crippen LogP contribution in [0.2, 0.25) is 0 Å². The molecule has 1 N–H and O–H groups in total. The maximum Gasteiger partial charge on any atom is 0.259 e. The first-order chi connectivity index (χ1) is 13.2. The predicted molar refractivity (Wildman–Crippen MR) is 107 cm³/mol. The lowest BCUT2D eigenvalue weighted by Gasteiger charge is -2.10. The van der Waals surface area contributed by atoms with E-state index in [1.807, 2.05) is 67.6 Å². The molecule has 2 heterocycles. The fourth-order valence-electron chi connectivity index (χ4n) is 3.18. The zero-order chi connectivity index (χ0) is 18.8. The number of benzene rings is 2. The number of aryl methyl sites for hydroxylation is 1. The molecule has 0 radical (unpaired) electrons. The van der Waals surface area contributed by atoms with Crippen molar-refractivity contribution in [1.29, 1.82) is 0 Å². The number of carbonyl (C=O) groups excluding carboxylic acids is 1. The summed E-state index contributed by atoms with van der Waals surface area (Å²) in [5.41, 5.74) is 4.13. The SMILES string of the molecule is CCc1ccccc1NC(=O)c1cnn(-c2ccc3ccccc3n2)c1C. The molecule has 0 fully saturated rings. The fourth-order valence-corrected chi connectivity index (χ4v) is 3.18. The van der Waals surface area contributed by atoms with Crippen molar-refractivity contribution < 1.29 is 4.79 Å². The van der Waals surface area contributed by atoms with Crippen molar-refractivity contribution in [1.82, 2.24) is 14.8 Å². The number of hydrogen-bond acceptors (Lipinski definition) is 3. The topological polar surface area (TPSA) is 59.8 Å². The first-order valence-electron chi connectivity index (χ1n) is 8.97. The van der Waals surface area contributed by atoms with Crippen LogP contribution in [0.4, 0.5) is 5.69 Å². The van der Waals surface area contributed by atoms with Crippen LogP contribution in [0.15, 0.2) is 66.9 Å². The number of rotatable bonds is 4. The average Bonchev–Trinajstić information content (AvgIpc) is 3.09. The van der Waals surface area contributed by atoms with Gasteiger partial charge in [-0.1, -0.05) is 43.3 Å². The summed E-state index contributed by atoms with van der Waals surface area (Å²) in [6, 6.07) is 19.7. The van der Waals surface area contributed by atoms with Gasteiger partial charge in [-0.25, -0.2) is 9.67 Å². The Labute approximate surface area is 157 Å². The van der Waals surface area contributed by atoms with Crippen LogP contribution in [-0.4, -0.2) is 20.7 Å². The van der Waals surface area contributed by atoms with Crippen molar-refractivity contribution in [3.63, 3.8) is 0 Å². The van der Waals surface area contributed by atoms with Crippen molar-refractivity contribution in [3.05, 3.63) is 83.7 Å². The normalized spacial score (nSPS) is 10.9. The van der Waals surface area contributed by atoms with E-state index in [9.17, 15) is 4.79 Å². The van der Waals surface area contributed by atoms with Gasteiger partial charge in [-0.3, -0.25) is 4.79 Å². The van der Waals surface area contributed by atoms with E-state index in [0.717, 1.165) is 34.3 Å². The Bertz CT molecular complexity index is 1130. The maximum atomic E-state index is 12.8. The molecule has 1 amide bonds. The number of pyridine rings is 1. The number of nitrogens with zero attached hydrogens (tertiary/aromatic N) is 3. The Morgan fingerprint density at radius 2 is 1.81 bits per heavy atom. The third-order valence-corrected chi connectivity index (χ3v) is 4.70. The lowest BCUT2D eigenvalue weighted by molar-refractivity contribution is 0.102. The van der Waals surface area contributed by atoms with Crippen LogP contribution in [-0.2, 0) is 6.42 Å². The highest BCUT2D eigenvalue weighted by Crippen LogP contribution is 2.20.